The number of unbranched alkanes of at least 4 members (excludes halogenated alkanes) is 2. The molecule has 42 heavy (non-hydrogen) atoms. The summed E-state index contributed by atoms with van der Waals surface area (Å²) in [6.45, 7) is 22.8. The zero-order valence-corrected chi connectivity index (χ0v) is 28.4. The van der Waals surface area contributed by atoms with Gasteiger partial charge in [0.1, 0.15) is 11.7 Å². The van der Waals surface area contributed by atoms with Crippen LogP contribution in [0.25, 0.3) is 0 Å². The van der Waals surface area contributed by atoms with E-state index in [1.165, 1.54) is 30.5 Å². The lowest BCUT2D eigenvalue weighted by Gasteiger charge is -2.06. The van der Waals surface area contributed by atoms with E-state index in [2.05, 4.69) is 15.3 Å². The number of hydrogen-bond donors (Lipinski definition) is 2. The zero-order chi connectivity index (χ0) is 33.3. The van der Waals surface area contributed by atoms with Crippen molar-refractivity contribution in [2.75, 3.05) is 6.61 Å². The minimum absolute atomic E-state index is 0.127. The second kappa shape index (κ2) is 34.0. The highest BCUT2D eigenvalue weighted by atomic mass is 19.1. The molecule has 2 N–H and O–H groups in total. The van der Waals surface area contributed by atoms with Crippen molar-refractivity contribution in [2.24, 2.45) is 0 Å². The minimum Gasteiger partial charge on any atom is -0.396 e. The molecule has 0 saturated carbocycles. The number of aliphatic hydroxyl groups excluding tert-OH is 1. The lowest BCUT2D eigenvalue weighted by molar-refractivity contribution is 0.0966. The molecule has 7 heteroatoms. The predicted octanol–water partition coefficient (Wildman–Crippen LogP) is 10.2. The Morgan fingerprint density at radius 2 is 1.52 bits per heavy atom. The number of nitrogens with zero attached hydrogens (tertiary/aromatic N) is 2. The van der Waals surface area contributed by atoms with Crippen molar-refractivity contribution in [2.45, 2.75) is 115 Å². The summed E-state index contributed by atoms with van der Waals surface area (Å²) < 4.78 is 27.4. The van der Waals surface area contributed by atoms with Gasteiger partial charge in [-0.05, 0) is 83.4 Å². The van der Waals surface area contributed by atoms with Crippen LogP contribution in [0.15, 0.2) is 72.1 Å². The van der Waals surface area contributed by atoms with Crippen LogP contribution in [0.2, 0.25) is 0 Å². The van der Waals surface area contributed by atoms with E-state index in [0.29, 0.717) is 41.2 Å². The van der Waals surface area contributed by atoms with Crippen LogP contribution < -0.4 is 5.32 Å². The molecule has 1 aromatic heterocycles. The Hall–Kier alpha value is -3.19. The van der Waals surface area contributed by atoms with Gasteiger partial charge in [0.2, 0.25) is 0 Å². The summed E-state index contributed by atoms with van der Waals surface area (Å²) in [6, 6.07) is 4.89. The molecule has 240 valence electrons. The second-order valence-electron chi connectivity index (χ2n) is 7.66. The number of allylic oxidation sites excluding steroid dienone is 8. The topological polar surface area (TPSA) is 75.1 Å². The van der Waals surface area contributed by atoms with E-state index < -0.39 is 11.7 Å². The van der Waals surface area contributed by atoms with E-state index in [1.54, 1.807) is 52.0 Å². The van der Waals surface area contributed by atoms with Gasteiger partial charge < -0.3 is 10.4 Å². The Morgan fingerprint density at radius 3 is 2.07 bits per heavy atom. The van der Waals surface area contributed by atoms with E-state index >= 15 is 0 Å². The van der Waals surface area contributed by atoms with Crippen LogP contribution in [0.1, 0.15) is 123 Å². The number of aryl methyl sites for hydroxylation is 2. The normalized spacial score (nSPS) is 10.8. The summed E-state index contributed by atoms with van der Waals surface area (Å²) in [5.41, 5.74) is 2.67. The van der Waals surface area contributed by atoms with Gasteiger partial charge in [-0.15, -0.1) is 0 Å². The van der Waals surface area contributed by atoms with Gasteiger partial charge in [-0.3, -0.25) is 14.8 Å². The van der Waals surface area contributed by atoms with Crippen molar-refractivity contribution in [1.29, 1.82) is 0 Å². The highest BCUT2D eigenvalue weighted by Crippen LogP contribution is 2.11. The summed E-state index contributed by atoms with van der Waals surface area (Å²) in [5.74, 6) is -1.20. The fourth-order valence-corrected chi connectivity index (χ4v) is 2.97. The quantitative estimate of drug-likeness (QED) is 0.198. The van der Waals surface area contributed by atoms with Crippen LogP contribution in [0.5, 0.6) is 0 Å². The van der Waals surface area contributed by atoms with Crippen LogP contribution in [-0.2, 0) is 12.8 Å². The maximum absolute atomic E-state index is 13.9. The number of halogens is 2. The highest BCUT2D eigenvalue weighted by Gasteiger charge is 2.07. The number of carbonyl (C=O) groups excluding carboxylic acids is 1. The lowest BCUT2D eigenvalue weighted by atomic mass is 10.1. The van der Waals surface area contributed by atoms with Crippen LogP contribution in [0, 0.1) is 6.92 Å². The van der Waals surface area contributed by atoms with Crippen LogP contribution in [0.3, 0.4) is 0 Å². The van der Waals surface area contributed by atoms with Gasteiger partial charge in [-0.2, -0.15) is 0 Å². The van der Waals surface area contributed by atoms with Gasteiger partial charge in [0.15, 0.2) is 0 Å². The first-order valence-corrected chi connectivity index (χ1v) is 15.4. The summed E-state index contributed by atoms with van der Waals surface area (Å²) in [6.07, 6.45) is 11.7. The van der Waals surface area contributed by atoms with Crippen molar-refractivity contribution in [3.05, 3.63) is 94.8 Å². The Bertz CT molecular complexity index is 1000. The third kappa shape index (κ3) is 24.6. The fourth-order valence-electron chi connectivity index (χ4n) is 2.97. The largest absolute Gasteiger partial charge is 0.396 e. The molecule has 0 aliphatic heterocycles. The molecule has 0 aromatic carbocycles. The summed E-state index contributed by atoms with van der Waals surface area (Å²) in [7, 11) is 0. The van der Waals surface area contributed by atoms with Crippen molar-refractivity contribution < 1.29 is 18.7 Å². The molecule has 0 radical (unpaired) electrons. The lowest BCUT2D eigenvalue weighted by Crippen LogP contribution is -2.21. The molecule has 1 rings (SSSR count). The first-order chi connectivity index (χ1) is 20.3. The van der Waals surface area contributed by atoms with E-state index in [0.717, 1.165) is 12.8 Å². The van der Waals surface area contributed by atoms with Gasteiger partial charge in [0, 0.05) is 36.2 Å². The molecule has 1 heterocycles. The number of nitrogens with one attached hydrogen (secondary N) is 1. The molecule has 0 saturated heterocycles. The summed E-state index contributed by atoms with van der Waals surface area (Å²) in [4.78, 5) is 21.8. The van der Waals surface area contributed by atoms with Gasteiger partial charge >= 0.3 is 0 Å². The molecular weight excluding hydrogens is 532 g/mol. The van der Waals surface area contributed by atoms with Gasteiger partial charge in [0.25, 0.3) is 5.91 Å². The smallest absolute Gasteiger partial charge is 0.255 e. The maximum atomic E-state index is 13.9. The third-order valence-electron chi connectivity index (χ3n) is 4.72. The third-order valence-corrected chi connectivity index (χ3v) is 4.72. The van der Waals surface area contributed by atoms with Crippen molar-refractivity contribution >= 4 is 5.91 Å². The Balaban J connectivity index is -0.000000826. The van der Waals surface area contributed by atoms with Crippen molar-refractivity contribution in [3.63, 3.8) is 0 Å². The predicted molar refractivity (Wildman–Crippen MR) is 178 cm³/mol. The average Bonchev–Trinajstić information content (AvgIpc) is 3.01. The van der Waals surface area contributed by atoms with Crippen LogP contribution in [-0.4, -0.2) is 27.6 Å². The van der Waals surface area contributed by atoms with Crippen molar-refractivity contribution in [3.8, 4) is 0 Å². The monoisotopic (exact) mass is 591 g/mol. The number of carbonyl (C=O) groups is 1. The molecule has 0 unspecified atom stereocenters. The number of aliphatic hydroxyl groups is 1. The molecular formula is C35H59F2N3O2. The maximum Gasteiger partial charge on any atom is 0.255 e. The Morgan fingerprint density at radius 1 is 0.905 bits per heavy atom. The average molecular weight is 592 g/mol. The van der Waals surface area contributed by atoms with E-state index in [4.69, 9.17) is 5.11 Å². The number of hydrogen-bond acceptors (Lipinski definition) is 4. The molecule has 5 nitrogen and oxygen atoms in total. The summed E-state index contributed by atoms with van der Waals surface area (Å²) >= 11 is 0. The molecule has 0 spiro atoms. The van der Waals surface area contributed by atoms with Gasteiger partial charge in [-0.1, -0.05) is 74.0 Å². The Labute approximate surface area is 256 Å². The molecule has 0 fully saturated rings. The fraction of sp³-hybridized carbons (Fsp3) is 0.514. The van der Waals surface area contributed by atoms with E-state index in [-0.39, 0.29) is 18.9 Å². The highest BCUT2D eigenvalue weighted by molar-refractivity contribution is 5.95. The van der Waals surface area contributed by atoms with Crippen LogP contribution >= 0.6 is 0 Å². The Kier molecular flexibility index (Phi) is 37.1. The zero-order valence-electron chi connectivity index (χ0n) is 28.4. The second-order valence-corrected chi connectivity index (χ2v) is 7.66. The molecule has 0 atom stereocenters. The standard InChI is InChI=1S/C27H35F2N3O2.4C2H6/c1-5-10-24(29)14-15-26-25(11-8-7-9-18-33)30-17-16-22(13-12-20(3)31-26)27(34)32-21(4)19-23(28)6-2;4*1-2/h5-6,10,12-14,16-17,19,33H,7-9,11,15,18H2,1-4H3,(H,32,34);4*1-2H3/b10-5-,13-12?,17-16?,20-12?,21-19+,22-13?,22-16?,23-6+,24-14+,26-25?,30-17?,30-25?,31-20?,31-26?;;;;. The number of amides is 1. The van der Waals surface area contributed by atoms with Gasteiger partial charge in [-0.25, -0.2) is 8.78 Å². The van der Waals surface area contributed by atoms with E-state index in [1.807, 2.05) is 55.4 Å². The number of aromatic nitrogens is 2. The summed E-state index contributed by atoms with van der Waals surface area (Å²) in [5, 5.41) is 11.7. The minimum atomic E-state index is -0.443. The van der Waals surface area contributed by atoms with Crippen LogP contribution in [0.4, 0.5) is 8.78 Å². The molecule has 0 bridgehead atoms. The first-order valence-electron chi connectivity index (χ1n) is 15.4. The molecule has 1 amide bonds. The van der Waals surface area contributed by atoms with E-state index in [9.17, 15) is 13.6 Å². The molecule has 0 aliphatic rings. The number of rotatable bonds is 11. The van der Waals surface area contributed by atoms with Gasteiger partial charge in [0.05, 0.1) is 11.4 Å². The first kappa shape index (κ1) is 45.8. The SMILES string of the molecule is C/C=C\C(F)=C/Cc1nc(C)ccc(C(=O)N/C(C)=C/C(F)=C\C)ccnc1CCCCCO.CC.CC.CC.CC. The van der Waals surface area contributed by atoms with Crippen molar-refractivity contribution in [1.82, 2.24) is 15.3 Å². The molecule has 0 aliphatic carbocycles. The molecule has 1 aromatic rings.